The first-order valence-corrected chi connectivity index (χ1v) is 6.72. The molecule has 0 radical (unpaired) electrons. The zero-order chi connectivity index (χ0) is 13.2. The minimum absolute atomic E-state index is 0.707. The topological polar surface area (TPSA) is 50.7 Å². The Morgan fingerprint density at radius 3 is 2.32 bits per heavy atom. The first kappa shape index (κ1) is 12.2. The van der Waals surface area contributed by atoms with Crippen molar-refractivity contribution in [2.45, 2.75) is 39.3 Å². The maximum atomic E-state index is 4.62. The maximum absolute atomic E-state index is 4.62. The van der Waals surface area contributed by atoms with Crippen LogP contribution in [0.25, 0.3) is 11.4 Å². The van der Waals surface area contributed by atoms with Crippen molar-refractivity contribution in [1.82, 2.24) is 20.3 Å². The van der Waals surface area contributed by atoms with E-state index in [2.05, 4.69) is 34.1 Å². The van der Waals surface area contributed by atoms with Crippen LogP contribution in [0.2, 0.25) is 0 Å². The second-order valence-electron chi connectivity index (χ2n) is 5.09. The summed E-state index contributed by atoms with van der Waals surface area (Å²) in [5, 5.41) is 3.52. The van der Waals surface area contributed by atoms with E-state index in [4.69, 9.17) is 0 Å². The van der Waals surface area contributed by atoms with Crippen LogP contribution in [0.5, 0.6) is 0 Å². The number of pyridine rings is 1. The van der Waals surface area contributed by atoms with Crippen molar-refractivity contribution in [3.8, 4) is 11.4 Å². The molecule has 2 aromatic heterocycles. The molecule has 0 spiro atoms. The molecule has 0 atom stereocenters. The highest BCUT2D eigenvalue weighted by Gasteiger charge is 2.21. The first-order valence-electron chi connectivity index (χ1n) is 6.72. The van der Waals surface area contributed by atoms with Gasteiger partial charge in [0.05, 0.1) is 0 Å². The molecule has 4 heteroatoms. The Bertz CT molecular complexity index is 553. The molecule has 1 saturated carbocycles. The van der Waals surface area contributed by atoms with Gasteiger partial charge in [-0.2, -0.15) is 0 Å². The first-order chi connectivity index (χ1) is 9.24. The molecule has 0 amide bonds. The average molecular weight is 254 g/mol. The zero-order valence-electron chi connectivity index (χ0n) is 11.3. The molecular weight excluding hydrogens is 236 g/mol. The molecule has 4 nitrogen and oxygen atoms in total. The highest BCUT2D eigenvalue weighted by molar-refractivity contribution is 5.54. The maximum Gasteiger partial charge on any atom is 0.159 e. The smallest absolute Gasteiger partial charge is 0.159 e. The molecular formula is C15H18N4. The molecule has 98 valence electrons. The van der Waals surface area contributed by atoms with E-state index in [1.165, 1.54) is 18.4 Å². The molecule has 0 aliphatic heterocycles. The fraction of sp³-hybridized carbons (Fsp3) is 0.400. The summed E-state index contributed by atoms with van der Waals surface area (Å²) >= 11 is 0. The largest absolute Gasteiger partial charge is 0.310 e. The van der Waals surface area contributed by atoms with E-state index < -0.39 is 0 Å². The van der Waals surface area contributed by atoms with Crippen molar-refractivity contribution in [2.24, 2.45) is 0 Å². The van der Waals surface area contributed by atoms with Crippen LogP contribution in [0, 0.1) is 13.8 Å². The van der Waals surface area contributed by atoms with Gasteiger partial charge in [-0.1, -0.05) is 0 Å². The molecule has 1 aliphatic rings. The van der Waals surface area contributed by atoms with Crippen molar-refractivity contribution >= 4 is 0 Å². The summed E-state index contributed by atoms with van der Waals surface area (Å²) in [7, 11) is 0. The summed E-state index contributed by atoms with van der Waals surface area (Å²) in [6.07, 6.45) is 6.14. The number of hydrogen-bond donors (Lipinski definition) is 1. The van der Waals surface area contributed by atoms with Gasteiger partial charge in [-0.05, 0) is 38.8 Å². The van der Waals surface area contributed by atoms with Gasteiger partial charge in [0.1, 0.15) is 0 Å². The molecule has 0 saturated heterocycles. The van der Waals surface area contributed by atoms with Crippen molar-refractivity contribution in [1.29, 1.82) is 0 Å². The lowest BCUT2D eigenvalue weighted by molar-refractivity contribution is 0.675. The highest BCUT2D eigenvalue weighted by atomic mass is 15.0. The van der Waals surface area contributed by atoms with E-state index in [-0.39, 0.29) is 0 Å². The van der Waals surface area contributed by atoms with Gasteiger partial charge in [-0.3, -0.25) is 4.98 Å². The predicted molar refractivity (Wildman–Crippen MR) is 74.6 cm³/mol. The summed E-state index contributed by atoms with van der Waals surface area (Å²) in [5.74, 6) is 0.785. The minimum atomic E-state index is 0.707. The molecule has 3 rings (SSSR count). The fourth-order valence-electron chi connectivity index (χ4n) is 2.16. The summed E-state index contributed by atoms with van der Waals surface area (Å²) in [5.41, 5.74) is 4.37. The third-order valence-corrected chi connectivity index (χ3v) is 3.50. The van der Waals surface area contributed by atoms with Crippen LogP contribution in [-0.4, -0.2) is 21.0 Å². The van der Waals surface area contributed by atoms with Gasteiger partial charge in [0.15, 0.2) is 5.82 Å². The van der Waals surface area contributed by atoms with Crippen LogP contribution in [0.1, 0.15) is 29.8 Å². The van der Waals surface area contributed by atoms with Gasteiger partial charge < -0.3 is 5.32 Å². The Hall–Kier alpha value is -1.81. The summed E-state index contributed by atoms with van der Waals surface area (Å²) < 4.78 is 0. The Morgan fingerprint density at radius 1 is 1.11 bits per heavy atom. The molecule has 1 N–H and O–H groups in total. The number of rotatable bonds is 4. The van der Waals surface area contributed by atoms with Gasteiger partial charge in [0, 0.05) is 47.5 Å². The third-order valence-electron chi connectivity index (χ3n) is 3.50. The fourth-order valence-corrected chi connectivity index (χ4v) is 2.16. The van der Waals surface area contributed by atoms with Gasteiger partial charge in [0.25, 0.3) is 0 Å². The van der Waals surface area contributed by atoms with E-state index in [1.54, 1.807) is 12.4 Å². The monoisotopic (exact) mass is 254 g/mol. The number of aryl methyl sites for hydroxylation is 2. The SMILES string of the molecule is Cc1nc(-c2ccncc2)nc(C)c1CNC1CC1. The Balaban J connectivity index is 1.88. The number of nitrogens with zero attached hydrogens (tertiary/aromatic N) is 3. The third kappa shape index (κ3) is 2.79. The van der Waals surface area contributed by atoms with Crippen molar-refractivity contribution in [3.05, 3.63) is 41.5 Å². The van der Waals surface area contributed by atoms with E-state index >= 15 is 0 Å². The van der Waals surface area contributed by atoms with E-state index in [1.807, 2.05) is 12.1 Å². The molecule has 0 bridgehead atoms. The predicted octanol–water partition coefficient (Wildman–Crippen LogP) is 2.41. The highest BCUT2D eigenvalue weighted by Crippen LogP contribution is 2.21. The molecule has 0 unspecified atom stereocenters. The van der Waals surface area contributed by atoms with Crippen molar-refractivity contribution in [2.75, 3.05) is 0 Å². The Labute approximate surface area is 113 Å². The lowest BCUT2D eigenvalue weighted by Gasteiger charge is -2.11. The van der Waals surface area contributed by atoms with E-state index in [9.17, 15) is 0 Å². The Kier molecular flexibility index (Phi) is 3.25. The summed E-state index contributed by atoms with van der Waals surface area (Å²) in [6.45, 7) is 4.99. The van der Waals surface area contributed by atoms with Crippen LogP contribution in [-0.2, 0) is 6.54 Å². The van der Waals surface area contributed by atoms with E-state index in [0.717, 1.165) is 29.3 Å². The molecule has 2 aromatic rings. The molecule has 19 heavy (non-hydrogen) atoms. The van der Waals surface area contributed by atoms with Crippen LogP contribution in [0.4, 0.5) is 0 Å². The summed E-state index contributed by atoms with van der Waals surface area (Å²) in [6, 6.07) is 4.59. The van der Waals surface area contributed by atoms with Gasteiger partial charge >= 0.3 is 0 Å². The molecule has 0 aromatic carbocycles. The summed E-state index contributed by atoms with van der Waals surface area (Å²) in [4.78, 5) is 13.3. The van der Waals surface area contributed by atoms with Crippen molar-refractivity contribution < 1.29 is 0 Å². The number of nitrogens with one attached hydrogen (secondary N) is 1. The zero-order valence-corrected chi connectivity index (χ0v) is 11.3. The van der Waals surface area contributed by atoms with Gasteiger partial charge in [-0.25, -0.2) is 9.97 Å². The van der Waals surface area contributed by atoms with E-state index in [0.29, 0.717) is 6.04 Å². The van der Waals surface area contributed by atoms with Gasteiger partial charge in [-0.15, -0.1) is 0 Å². The van der Waals surface area contributed by atoms with Crippen LogP contribution in [0.15, 0.2) is 24.5 Å². The second kappa shape index (κ2) is 5.05. The number of hydrogen-bond acceptors (Lipinski definition) is 4. The number of aromatic nitrogens is 3. The van der Waals surface area contributed by atoms with Crippen molar-refractivity contribution in [3.63, 3.8) is 0 Å². The normalized spacial score (nSPS) is 14.6. The lowest BCUT2D eigenvalue weighted by atomic mass is 10.1. The molecule has 1 aliphatic carbocycles. The average Bonchev–Trinajstić information content (AvgIpc) is 3.23. The minimum Gasteiger partial charge on any atom is -0.310 e. The molecule has 1 fully saturated rings. The van der Waals surface area contributed by atoms with Crippen LogP contribution < -0.4 is 5.32 Å². The molecule has 2 heterocycles. The van der Waals surface area contributed by atoms with Gasteiger partial charge in [0.2, 0.25) is 0 Å². The van der Waals surface area contributed by atoms with Crippen LogP contribution >= 0.6 is 0 Å². The quantitative estimate of drug-likeness (QED) is 0.910. The standard InChI is InChI=1S/C15H18N4/c1-10-14(9-17-13-3-4-13)11(2)19-15(18-10)12-5-7-16-8-6-12/h5-8,13,17H,3-4,9H2,1-2H3. The lowest BCUT2D eigenvalue weighted by Crippen LogP contribution is -2.18. The Morgan fingerprint density at radius 2 is 1.74 bits per heavy atom. The second-order valence-corrected chi connectivity index (χ2v) is 5.09. The van der Waals surface area contributed by atoms with Crippen LogP contribution in [0.3, 0.4) is 0 Å².